The molecule has 0 spiro atoms. The summed E-state index contributed by atoms with van der Waals surface area (Å²) in [6.07, 6.45) is 0. The highest BCUT2D eigenvalue weighted by atomic mass is 33.1. The van der Waals surface area contributed by atoms with Gasteiger partial charge < -0.3 is 19.6 Å². The van der Waals surface area contributed by atoms with Crippen molar-refractivity contribution >= 4 is 67.2 Å². The fraction of sp³-hybridized carbons (Fsp3) is 0.243. The van der Waals surface area contributed by atoms with Crippen molar-refractivity contribution in [1.82, 2.24) is 0 Å². The molecule has 0 radical (unpaired) electrons. The molecule has 0 unspecified atom stereocenters. The number of thioether (sulfide) groups is 1. The normalized spacial score (nSPS) is 13.0. The van der Waals surface area contributed by atoms with E-state index in [1.807, 2.05) is 33.3 Å². The van der Waals surface area contributed by atoms with Gasteiger partial charge in [-0.25, -0.2) is 0 Å². The first-order chi connectivity index (χ1) is 21.1. The lowest BCUT2D eigenvalue weighted by molar-refractivity contribution is 1.13. The summed E-state index contributed by atoms with van der Waals surface area (Å²) < 4.78 is 0. The molecule has 1 fully saturated rings. The lowest BCUT2D eigenvalue weighted by Crippen LogP contribution is -2.09. The highest BCUT2D eigenvalue weighted by Crippen LogP contribution is 2.55. The average molecular weight is 639 g/mol. The van der Waals surface area contributed by atoms with Gasteiger partial charge in [-0.3, -0.25) is 0 Å². The Balaban J connectivity index is 1.80. The smallest absolute Gasteiger partial charge is 0.0547 e. The molecule has 0 saturated carbocycles. The number of rotatable bonds is 8. The topological polar surface area (TPSA) is 13.0 Å². The van der Waals surface area contributed by atoms with Crippen LogP contribution in [0, 0.1) is 0 Å². The molecule has 228 valence electrons. The van der Waals surface area contributed by atoms with Gasteiger partial charge in [-0.1, -0.05) is 70.1 Å². The van der Waals surface area contributed by atoms with E-state index in [2.05, 4.69) is 173 Å². The van der Waals surface area contributed by atoms with Crippen LogP contribution in [-0.4, -0.2) is 61.5 Å². The lowest BCUT2D eigenvalue weighted by atomic mass is 9.93. The first-order valence-electron chi connectivity index (χ1n) is 14.7. The van der Waals surface area contributed by atoms with Gasteiger partial charge in [0.25, 0.3) is 0 Å². The molecule has 1 aliphatic heterocycles. The van der Waals surface area contributed by atoms with Crippen LogP contribution in [0.1, 0.15) is 22.3 Å². The Labute approximate surface area is 276 Å². The molecule has 1 heterocycles. The molecule has 0 bridgehead atoms. The molecule has 0 atom stereocenters. The zero-order chi connectivity index (χ0) is 31.4. The van der Waals surface area contributed by atoms with Gasteiger partial charge in [-0.05, 0) is 70.8 Å². The van der Waals surface area contributed by atoms with Crippen LogP contribution in [0.15, 0.2) is 107 Å². The standard InChI is InChI=1S/C37H42N4S3/c1-38(2)30-17-9-26(10-18-30)34(27-11-19-31(20-12-27)39(3)4)36-37(44-43-25-42-36)35(28-13-21-32(22-14-28)40(5)6)29-15-23-33(24-16-29)41(7)8/h9-24H,25H2,1-8H3. The quantitative estimate of drug-likeness (QED) is 0.176. The van der Waals surface area contributed by atoms with Crippen LogP contribution in [-0.2, 0) is 0 Å². The minimum atomic E-state index is 0.991. The van der Waals surface area contributed by atoms with E-state index in [-0.39, 0.29) is 0 Å². The third-order valence-corrected chi connectivity index (χ3v) is 11.8. The van der Waals surface area contributed by atoms with Crippen molar-refractivity contribution in [3.05, 3.63) is 129 Å². The van der Waals surface area contributed by atoms with Gasteiger partial charge in [-0.15, -0.1) is 11.8 Å². The summed E-state index contributed by atoms with van der Waals surface area (Å²) in [6, 6.07) is 36.0. The summed E-state index contributed by atoms with van der Waals surface area (Å²) in [5.41, 5.74) is 12.2. The molecule has 4 nitrogen and oxygen atoms in total. The van der Waals surface area contributed by atoms with Gasteiger partial charge in [0.05, 0.1) is 5.08 Å². The molecular formula is C37H42N4S3. The fourth-order valence-corrected chi connectivity index (χ4v) is 9.44. The van der Waals surface area contributed by atoms with Crippen molar-refractivity contribution in [2.75, 3.05) is 81.1 Å². The molecule has 0 N–H and O–H groups in total. The maximum Gasteiger partial charge on any atom is 0.0547 e. The van der Waals surface area contributed by atoms with E-state index in [0.717, 1.165) is 5.08 Å². The molecule has 5 rings (SSSR count). The number of hydrogen-bond acceptors (Lipinski definition) is 7. The Kier molecular flexibility index (Phi) is 10.3. The molecular weight excluding hydrogens is 597 g/mol. The van der Waals surface area contributed by atoms with E-state index in [0.29, 0.717) is 0 Å². The van der Waals surface area contributed by atoms with Gasteiger partial charge in [-0.2, -0.15) is 0 Å². The predicted molar refractivity (Wildman–Crippen MR) is 203 cm³/mol. The second kappa shape index (κ2) is 14.1. The minimum Gasteiger partial charge on any atom is -0.378 e. The summed E-state index contributed by atoms with van der Waals surface area (Å²) in [6.45, 7) is 0. The molecule has 4 aromatic carbocycles. The minimum absolute atomic E-state index is 0.991. The van der Waals surface area contributed by atoms with Gasteiger partial charge in [0.1, 0.15) is 0 Å². The lowest BCUT2D eigenvalue weighted by Gasteiger charge is -2.26. The fourth-order valence-electron chi connectivity index (χ4n) is 5.17. The average Bonchev–Trinajstić information content (AvgIpc) is 3.03. The summed E-state index contributed by atoms with van der Waals surface area (Å²) in [5, 5.41) is 0.991. The second-order valence-corrected chi connectivity index (χ2v) is 15.3. The van der Waals surface area contributed by atoms with Crippen molar-refractivity contribution in [1.29, 1.82) is 0 Å². The summed E-state index contributed by atoms with van der Waals surface area (Å²) in [7, 11) is 20.6. The Morgan fingerprint density at radius 3 is 0.955 bits per heavy atom. The van der Waals surface area contributed by atoms with E-state index in [4.69, 9.17) is 0 Å². The van der Waals surface area contributed by atoms with Gasteiger partial charge in [0.15, 0.2) is 0 Å². The zero-order valence-corrected chi connectivity index (χ0v) is 29.4. The monoisotopic (exact) mass is 638 g/mol. The third-order valence-electron chi connectivity index (χ3n) is 7.74. The maximum atomic E-state index is 2.28. The number of nitrogens with zero attached hydrogens (tertiary/aromatic N) is 4. The highest BCUT2D eigenvalue weighted by molar-refractivity contribution is 8.80. The number of hydrogen-bond donors (Lipinski definition) is 0. The first kappa shape index (κ1) is 32.0. The van der Waals surface area contributed by atoms with Crippen molar-refractivity contribution in [2.24, 2.45) is 0 Å². The van der Waals surface area contributed by atoms with Crippen LogP contribution in [0.4, 0.5) is 22.7 Å². The molecule has 4 aromatic rings. The SMILES string of the molecule is CN(C)c1ccc(C(=C2SCSSC2=C(c2ccc(N(C)C)cc2)c2ccc(N(C)C)cc2)c2ccc(N(C)C)cc2)cc1. The van der Waals surface area contributed by atoms with Gasteiger partial charge in [0, 0.05) is 100 Å². The van der Waals surface area contributed by atoms with Crippen LogP contribution >= 0.6 is 33.3 Å². The van der Waals surface area contributed by atoms with Crippen LogP contribution in [0.25, 0.3) is 11.1 Å². The number of anilines is 4. The molecule has 1 saturated heterocycles. The van der Waals surface area contributed by atoms with Crippen LogP contribution < -0.4 is 19.6 Å². The Bertz CT molecular complexity index is 1390. The molecule has 7 heteroatoms. The van der Waals surface area contributed by atoms with E-state index in [1.165, 1.54) is 66.0 Å². The summed E-state index contributed by atoms with van der Waals surface area (Å²) >= 11 is 1.95. The molecule has 0 aliphatic carbocycles. The highest BCUT2D eigenvalue weighted by Gasteiger charge is 2.26. The van der Waals surface area contributed by atoms with E-state index < -0.39 is 0 Å². The van der Waals surface area contributed by atoms with Crippen molar-refractivity contribution in [3.8, 4) is 0 Å². The Hall–Kier alpha value is -3.39. The Morgan fingerprint density at radius 2 is 0.682 bits per heavy atom. The van der Waals surface area contributed by atoms with Gasteiger partial charge in [0.2, 0.25) is 0 Å². The van der Waals surface area contributed by atoms with E-state index >= 15 is 0 Å². The molecule has 0 aromatic heterocycles. The maximum absolute atomic E-state index is 2.28. The largest absolute Gasteiger partial charge is 0.378 e. The number of benzene rings is 4. The Morgan fingerprint density at radius 1 is 0.409 bits per heavy atom. The molecule has 1 aliphatic rings. The first-order valence-corrected chi connectivity index (χ1v) is 18.0. The van der Waals surface area contributed by atoms with Crippen LogP contribution in [0.5, 0.6) is 0 Å². The van der Waals surface area contributed by atoms with Crippen molar-refractivity contribution in [2.45, 2.75) is 0 Å². The summed E-state index contributed by atoms with van der Waals surface area (Å²) in [5.74, 6) is 0. The van der Waals surface area contributed by atoms with E-state index in [1.54, 1.807) is 0 Å². The van der Waals surface area contributed by atoms with Crippen LogP contribution in [0.3, 0.4) is 0 Å². The predicted octanol–water partition coefficient (Wildman–Crippen LogP) is 9.26. The van der Waals surface area contributed by atoms with Crippen molar-refractivity contribution < 1.29 is 0 Å². The van der Waals surface area contributed by atoms with E-state index in [9.17, 15) is 0 Å². The third kappa shape index (κ3) is 7.12. The van der Waals surface area contributed by atoms with Gasteiger partial charge >= 0.3 is 0 Å². The second-order valence-electron chi connectivity index (χ2n) is 11.6. The molecule has 44 heavy (non-hydrogen) atoms. The van der Waals surface area contributed by atoms with Crippen LogP contribution in [0.2, 0.25) is 0 Å². The summed E-state index contributed by atoms with van der Waals surface area (Å²) in [4.78, 5) is 11.3. The zero-order valence-electron chi connectivity index (χ0n) is 27.0. The van der Waals surface area contributed by atoms with Crippen molar-refractivity contribution in [3.63, 3.8) is 0 Å². The molecule has 0 amide bonds.